The van der Waals surface area contributed by atoms with E-state index in [4.69, 9.17) is 11.6 Å². The van der Waals surface area contributed by atoms with Crippen LogP contribution >= 0.6 is 11.6 Å². The molecule has 0 fully saturated rings. The molecule has 0 saturated carbocycles. The Bertz CT molecular complexity index is 463. The van der Waals surface area contributed by atoms with E-state index in [1.54, 1.807) is 6.07 Å². The number of benzene rings is 2. The first-order valence-corrected chi connectivity index (χ1v) is 4.26. The van der Waals surface area contributed by atoms with Crippen LogP contribution < -0.4 is 0 Å². The van der Waals surface area contributed by atoms with Gasteiger partial charge >= 0.3 is 0 Å². The van der Waals surface area contributed by atoms with Gasteiger partial charge in [0.1, 0.15) is 0 Å². The Morgan fingerprint density at radius 1 is 1.08 bits per heavy atom. The van der Waals surface area contributed by atoms with Gasteiger partial charge in [0.25, 0.3) is 0 Å². The molecule has 0 aliphatic rings. The Morgan fingerprint density at radius 2 is 1.85 bits per heavy atom. The molecule has 2 aromatic carbocycles. The number of fused-ring (bicyclic) bond motifs is 1. The highest BCUT2D eigenvalue weighted by Crippen LogP contribution is 2.23. The zero-order valence-electron chi connectivity index (χ0n) is 6.75. The van der Waals surface area contributed by atoms with Crippen molar-refractivity contribution in [2.45, 2.75) is 0 Å². The predicted molar refractivity (Wildman–Crippen MR) is 53.8 cm³/mol. The van der Waals surface area contributed by atoms with Crippen LogP contribution in [0.5, 0.6) is 0 Å². The molecular formula is C11H6ClO. The molecule has 2 rings (SSSR count). The van der Waals surface area contributed by atoms with Crippen molar-refractivity contribution < 1.29 is 4.79 Å². The molecule has 0 N–H and O–H groups in total. The summed E-state index contributed by atoms with van der Waals surface area (Å²) >= 11 is 5.84. The molecule has 2 heteroatoms. The van der Waals surface area contributed by atoms with Crippen LogP contribution in [0.1, 0.15) is 5.56 Å². The third-order valence-corrected chi connectivity index (χ3v) is 2.30. The molecule has 0 saturated heterocycles. The lowest BCUT2D eigenvalue weighted by Gasteiger charge is -2.01. The van der Waals surface area contributed by atoms with Crippen molar-refractivity contribution in [1.82, 2.24) is 0 Å². The van der Waals surface area contributed by atoms with Crippen molar-refractivity contribution in [3.63, 3.8) is 0 Å². The smallest absolute Gasteiger partial charge is 0.235 e. The van der Waals surface area contributed by atoms with Crippen molar-refractivity contribution in [3.8, 4) is 0 Å². The lowest BCUT2D eigenvalue weighted by Crippen LogP contribution is -1.84. The molecule has 0 aliphatic carbocycles. The van der Waals surface area contributed by atoms with Crippen LogP contribution in [0, 0.1) is 0 Å². The minimum absolute atomic E-state index is 0.444. The molecule has 0 atom stereocenters. The van der Waals surface area contributed by atoms with E-state index in [2.05, 4.69) is 0 Å². The van der Waals surface area contributed by atoms with Gasteiger partial charge in [-0.3, -0.25) is 4.79 Å². The molecule has 1 nitrogen and oxygen atoms in total. The van der Waals surface area contributed by atoms with E-state index in [9.17, 15) is 4.79 Å². The Balaban J connectivity index is 2.91. The second-order valence-electron chi connectivity index (χ2n) is 2.75. The summed E-state index contributed by atoms with van der Waals surface area (Å²) in [5.41, 5.74) is 0.444. The van der Waals surface area contributed by atoms with Gasteiger partial charge in [-0.05, 0) is 16.8 Å². The minimum Gasteiger partial charge on any atom is -0.285 e. The fourth-order valence-electron chi connectivity index (χ4n) is 1.35. The van der Waals surface area contributed by atoms with Crippen LogP contribution in [0.25, 0.3) is 10.8 Å². The number of hydrogen-bond acceptors (Lipinski definition) is 1. The Hall–Kier alpha value is -1.34. The van der Waals surface area contributed by atoms with Crippen LogP contribution in [0.3, 0.4) is 0 Å². The summed E-state index contributed by atoms with van der Waals surface area (Å²) in [5.74, 6) is 0. The minimum atomic E-state index is 0.444. The molecule has 0 aromatic heterocycles. The first-order chi connectivity index (χ1) is 6.33. The molecule has 0 aliphatic heterocycles. The second-order valence-corrected chi connectivity index (χ2v) is 3.15. The Labute approximate surface area is 80.9 Å². The SMILES string of the molecule is O=[C]c1c(Cl)ccc2ccccc12. The van der Waals surface area contributed by atoms with Crippen molar-refractivity contribution in [2.24, 2.45) is 0 Å². The zero-order valence-corrected chi connectivity index (χ0v) is 7.51. The van der Waals surface area contributed by atoms with Crippen molar-refractivity contribution >= 4 is 28.7 Å². The molecule has 63 valence electrons. The molecule has 2 aromatic rings. The van der Waals surface area contributed by atoms with Crippen LogP contribution in [0.4, 0.5) is 0 Å². The number of halogens is 1. The molecule has 0 spiro atoms. The largest absolute Gasteiger partial charge is 0.285 e. The molecule has 0 heterocycles. The summed E-state index contributed by atoms with van der Waals surface area (Å²) < 4.78 is 0. The molecule has 1 radical (unpaired) electrons. The van der Waals surface area contributed by atoms with Gasteiger partial charge in [-0.15, -0.1) is 0 Å². The van der Waals surface area contributed by atoms with Gasteiger partial charge in [0, 0.05) is 0 Å². The van der Waals surface area contributed by atoms with E-state index < -0.39 is 0 Å². The summed E-state index contributed by atoms with van der Waals surface area (Å²) in [6, 6.07) is 11.2. The van der Waals surface area contributed by atoms with Crippen molar-refractivity contribution in [1.29, 1.82) is 0 Å². The Kier molecular flexibility index (Phi) is 2.03. The maximum atomic E-state index is 10.6. The van der Waals surface area contributed by atoms with E-state index in [-0.39, 0.29) is 0 Å². The van der Waals surface area contributed by atoms with E-state index >= 15 is 0 Å². The lowest BCUT2D eigenvalue weighted by atomic mass is 10.1. The third-order valence-electron chi connectivity index (χ3n) is 1.98. The van der Waals surface area contributed by atoms with Gasteiger partial charge in [0.2, 0.25) is 6.29 Å². The average molecular weight is 190 g/mol. The predicted octanol–water partition coefficient (Wildman–Crippen LogP) is 2.95. The van der Waals surface area contributed by atoms with Gasteiger partial charge in [0.05, 0.1) is 10.6 Å². The van der Waals surface area contributed by atoms with E-state index in [0.717, 1.165) is 10.8 Å². The summed E-state index contributed by atoms with van der Waals surface area (Å²) in [7, 11) is 0. The lowest BCUT2D eigenvalue weighted by molar-refractivity contribution is 0.563. The van der Waals surface area contributed by atoms with E-state index in [1.807, 2.05) is 36.6 Å². The maximum Gasteiger partial charge on any atom is 0.235 e. The quantitative estimate of drug-likeness (QED) is 0.674. The first kappa shape index (κ1) is 8.27. The van der Waals surface area contributed by atoms with E-state index in [1.165, 1.54) is 0 Å². The highest BCUT2D eigenvalue weighted by Gasteiger charge is 2.04. The highest BCUT2D eigenvalue weighted by molar-refractivity contribution is 6.34. The fraction of sp³-hybridized carbons (Fsp3) is 0. The molecule has 0 bridgehead atoms. The van der Waals surface area contributed by atoms with Crippen LogP contribution in [0.2, 0.25) is 5.02 Å². The van der Waals surface area contributed by atoms with Crippen LogP contribution in [0.15, 0.2) is 36.4 Å². The topological polar surface area (TPSA) is 17.1 Å². The first-order valence-electron chi connectivity index (χ1n) is 3.88. The Morgan fingerprint density at radius 3 is 2.62 bits per heavy atom. The second kappa shape index (κ2) is 3.19. The zero-order chi connectivity index (χ0) is 9.26. The van der Waals surface area contributed by atoms with E-state index in [0.29, 0.717) is 10.6 Å². The summed E-state index contributed by atoms with van der Waals surface area (Å²) in [5, 5.41) is 2.31. The van der Waals surface area contributed by atoms with Crippen LogP contribution in [-0.4, -0.2) is 6.29 Å². The van der Waals surface area contributed by atoms with Gasteiger partial charge < -0.3 is 0 Å². The van der Waals surface area contributed by atoms with Gasteiger partial charge in [-0.1, -0.05) is 41.9 Å². The van der Waals surface area contributed by atoms with Gasteiger partial charge in [0.15, 0.2) is 0 Å². The highest BCUT2D eigenvalue weighted by atomic mass is 35.5. The number of rotatable bonds is 1. The van der Waals surface area contributed by atoms with Crippen molar-refractivity contribution in [2.75, 3.05) is 0 Å². The summed E-state index contributed by atoms with van der Waals surface area (Å²) in [4.78, 5) is 10.6. The maximum absolute atomic E-state index is 10.6. The third kappa shape index (κ3) is 1.31. The number of hydrogen-bond donors (Lipinski definition) is 0. The van der Waals surface area contributed by atoms with Crippen LogP contribution in [-0.2, 0) is 4.79 Å². The normalized spacial score (nSPS) is 10.2. The molecular weight excluding hydrogens is 184 g/mol. The average Bonchev–Trinajstić information content (AvgIpc) is 2.18. The molecule has 13 heavy (non-hydrogen) atoms. The number of carbonyl (C=O) groups excluding carboxylic acids is 1. The van der Waals surface area contributed by atoms with Gasteiger partial charge in [-0.2, -0.15) is 0 Å². The fourth-order valence-corrected chi connectivity index (χ4v) is 1.55. The summed E-state index contributed by atoms with van der Waals surface area (Å²) in [6.45, 7) is 0. The summed E-state index contributed by atoms with van der Waals surface area (Å²) in [6.07, 6.45) is 1.86. The standard InChI is InChI=1S/C11H6ClO/c12-11-6-5-8-3-1-2-4-9(8)10(11)7-13/h1-6H. The van der Waals surface area contributed by atoms with Gasteiger partial charge in [-0.25, -0.2) is 0 Å². The van der Waals surface area contributed by atoms with Crippen molar-refractivity contribution in [3.05, 3.63) is 47.0 Å². The molecule has 0 amide bonds. The molecule has 0 unspecified atom stereocenters. The monoisotopic (exact) mass is 189 g/mol.